The van der Waals surface area contributed by atoms with Crippen LogP contribution in [0, 0.1) is 17.1 Å². The third kappa shape index (κ3) is 2.70. The molecule has 1 fully saturated rings. The van der Waals surface area contributed by atoms with Crippen molar-refractivity contribution >= 4 is 0 Å². The molecule has 1 aromatic heterocycles. The Morgan fingerprint density at radius 1 is 1.38 bits per heavy atom. The highest BCUT2D eigenvalue weighted by Gasteiger charge is 2.21. The van der Waals surface area contributed by atoms with Crippen molar-refractivity contribution in [2.24, 2.45) is 0 Å². The van der Waals surface area contributed by atoms with Crippen molar-refractivity contribution < 1.29 is 4.39 Å². The van der Waals surface area contributed by atoms with Gasteiger partial charge in [-0.3, -0.25) is 9.36 Å². The van der Waals surface area contributed by atoms with Gasteiger partial charge in [0, 0.05) is 12.0 Å². The van der Waals surface area contributed by atoms with Crippen molar-refractivity contribution in [3.63, 3.8) is 0 Å². The quantitative estimate of drug-likeness (QED) is 0.869. The predicted molar refractivity (Wildman–Crippen MR) is 75.3 cm³/mol. The van der Waals surface area contributed by atoms with Gasteiger partial charge in [-0.2, -0.15) is 5.26 Å². The highest BCUT2D eigenvalue weighted by atomic mass is 19.1. The van der Waals surface area contributed by atoms with Gasteiger partial charge in [0.2, 0.25) is 0 Å². The second-order valence-corrected chi connectivity index (χ2v) is 5.32. The first-order valence-corrected chi connectivity index (χ1v) is 6.92. The summed E-state index contributed by atoms with van der Waals surface area (Å²) in [5.74, 6) is -0.0210. The molecule has 0 atom stereocenters. The fraction of sp³-hybridized carbons (Fsp3) is 0.312. The van der Waals surface area contributed by atoms with Crippen LogP contribution in [0.25, 0.3) is 0 Å². The molecule has 0 aliphatic heterocycles. The average molecular weight is 283 g/mol. The van der Waals surface area contributed by atoms with E-state index >= 15 is 0 Å². The van der Waals surface area contributed by atoms with Gasteiger partial charge in [-0.25, -0.2) is 9.37 Å². The van der Waals surface area contributed by atoms with Crippen LogP contribution in [0.4, 0.5) is 4.39 Å². The molecule has 21 heavy (non-hydrogen) atoms. The lowest BCUT2D eigenvalue weighted by atomic mass is 9.83. The number of rotatable bonds is 3. The summed E-state index contributed by atoms with van der Waals surface area (Å²) in [7, 11) is 0. The van der Waals surface area contributed by atoms with Crippen LogP contribution in [-0.2, 0) is 6.54 Å². The van der Waals surface area contributed by atoms with Crippen LogP contribution in [0.5, 0.6) is 0 Å². The van der Waals surface area contributed by atoms with E-state index in [0.717, 1.165) is 18.5 Å². The highest BCUT2D eigenvalue weighted by Crippen LogP contribution is 2.34. The molecule has 4 nitrogen and oxygen atoms in total. The molecule has 3 rings (SSSR count). The standard InChI is InChI=1S/C16H14FN3O/c17-14-5-4-12(8-18)13(6-14)9-20-10-19-15(7-16(20)21)11-2-1-3-11/h4-7,10-11H,1-3,9H2. The van der Waals surface area contributed by atoms with Crippen molar-refractivity contribution in [2.75, 3.05) is 0 Å². The van der Waals surface area contributed by atoms with Crippen LogP contribution in [-0.4, -0.2) is 9.55 Å². The van der Waals surface area contributed by atoms with E-state index in [1.165, 1.54) is 35.5 Å². The topological polar surface area (TPSA) is 58.7 Å². The van der Waals surface area contributed by atoms with Crippen LogP contribution >= 0.6 is 0 Å². The lowest BCUT2D eigenvalue weighted by Gasteiger charge is -2.24. The average Bonchev–Trinajstić information content (AvgIpc) is 2.40. The SMILES string of the molecule is N#Cc1ccc(F)cc1Cn1cnc(C2CCC2)cc1=O. The Bertz CT molecular complexity index is 772. The van der Waals surface area contributed by atoms with E-state index in [1.54, 1.807) is 6.07 Å². The fourth-order valence-corrected chi connectivity index (χ4v) is 2.47. The minimum absolute atomic E-state index is 0.150. The number of hydrogen-bond donors (Lipinski definition) is 0. The van der Waals surface area contributed by atoms with Gasteiger partial charge in [-0.05, 0) is 36.6 Å². The van der Waals surface area contributed by atoms with Crippen LogP contribution in [0.3, 0.4) is 0 Å². The third-order valence-electron chi connectivity index (χ3n) is 3.95. The zero-order valence-electron chi connectivity index (χ0n) is 11.4. The van der Waals surface area contributed by atoms with Gasteiger partial charge < -0.3 is 0 Å². The number of nitriles is 1. The zero-order chi connectivity index (χ0) is 14.8. The summed E-state index contributed by atoms with van der Waals surface area (Å²) in [5, 5.41) is 9.04. The third-order valence-corrected chi connectivity index (χ3v) is 3.95. The summed E-state index contributed by atoms with van der Waals surface area (Å²) < 4.78 is 14.7. The molecule has 0 radical (unpaired) electrons. The maximum atomic E-state index is 13.3. The predicted octanol–water partition coefficient (Wildman–Crippen LogP) is 2.57. The largest absolute Gasteiger partial charge is 0.295 e. The first-order chi connectivity index (χ1) is 10.2. The minimum Gasteiger partial charge on any atom is -0.295 e. The molecule has 0 saturated heterocycles. The van der Waals surface area contributed by atoms with E-state index in [-0.39, 0.29) is 12.1 Å². The van der Waals surface area contributed by atoms with Gasteiger partial charge in [0.1, 0.15) is 5.82 Å². The van der Waals surface area contributed by atoms with E-state index in [0.29, 0.717) is 17.0 Å². The fourth-order valence-electron chi connectivity index (χ4n) is 2.47. The Morgan fingerprint density at radius 2 is 2.19 bits per heavy atom. The first-order valence-electron chi connectivity index (χ1n) is 6.92. The lowest BCUT2D eigenvalue weighted by molar-refractivity contribution is 0.409. The summed E-state index contributed by atoms with van der Waals surface area (Å²) in [6, 6.07) is 7.50. The molecular weight excluding hydrogens is 269 g/mol. The molecule has 0 amide bonds. The highest BCUT2D eigenvalue weighted by molar-refractivity contribution is 5.38. The molecule has 106 valence electrons. The summed E-state index contributed by atoms with van der Waals surface area (Å²) in [6.07, 6.45) is 4.84. The molecule has 0 bridgehead atoms. The van der Waals surface area contributed by atoms with Gasteiger partial charge in [0.05, 0.1) is 30.2 Å². The molecule has 1 aliphatic carbocycles. The first kappa shape index (κ1) is 13.5. The Kier molecular flexibility index (Phi) is 3.53. The van der Waals surface area contributed by atoms with Crippen LogP contribution in [0.15, 0.2) is 35.4 Å². The van der Waals surface area contributed by atoms with Crippen molar-refractivity contribution in [2.45, 2.75) is 31.7 Å². The molecule has 0 unspecified atom stereocenters. The van der Waals surface area contributed by atoms with Crippen LogP contribution in [0.1, 0.15) is 42.0 Å². The number of nitrogens with zero attached hydrogens (tertiary/aromatic N) is 3. The molecule has 1 aromatic carbocycles. The Balaban J connectivity index is 1.90. The summed E-state index contributed by atoms with van der Waals surface area (Å²) in [4.78, 5) is 16.4. The zero-order valence-corrected chi connectivity index (χ0v) is 11.4. The van der Waals surface area contributed by atoms with Crippen LogP contribution < -0.4 is 5.56 Å². The Labute approximate surface area is 121 Å². The molecule has 2 aromatic rings. The van der Waals surface area contributed by atoms with E-state index < -0.39 is 5.82 Å². The molecule has 0 N–H and O–H groups in total. The molecule has 1 heterocycles. The molecule has 0 spiro atoms. The summed E-state index contributed by atoms with van der Waals surface area (Å²) in [5.41, 5.74) is 1.52. The summed E-state index contributed by atoms with van der Waals surface area (Å²) in [6.45, 7) is 0.150. The monoisotopic (exact) mass is 283 g/mol. The van der Waals surface area contributed by atoms with E-state index in [2.05, 4.69) is 4.98 Å². The Hall–Kier alpha value is -2.48. The van der Waals surface area contributed by atoms with Crippen molar-refractivity contribution in [1.29, 1.82) is 5.26 Å². The van der Waals surface area contributed by atoms with Gasteiger partial charge in [0.25, 0.3) is 5.56 Å². The molecule has 5 heteroatoms. The molecular formula is C16H14FN3O. The van der Waals surface area contributed by atoms with Gasteiger partial charge >= 0.3 is 0 Å². The van der Waals surface area contributed by atoms with Crippen molar-refractivity contribution in [3.8, 4) is 6.07 Å². The summed E-state index contributed by atoms with van der Waals surface area (Å²) >= 11 is 0. The minimum atomic E-state index is -0.420. The van der Waals surface area contributed by atoms with E-state index in [4.69, 9.17) is 5.26 Å². The number of aromatic nitrogens is 2. The van der Waals surface area contributed by atoms with Gasteiger partial charge in [-0.1, -0.05) is 6.42 Å². The number of benzene rings is 1. The molecule has 1 aliphatic rings. The number of halogens is 1. The van der Waals surface area contributed by atoms with E-state index in [1.807, 2.05) is 6.07 Å². The van der Waals surface area contributed by atoms with Crippen molar-refractivity contribution in [3.05, 3.63) is 63.6 Å². The number of hydrogen-bond acceptors (Lipinski definition) is 3. The smallest absolute Gasteiger partial charge is 0.253 e. The normalized spacial score (nSPS) is 14.5. The lowest BCUT2D eigenvalue weighted by Crippen LogP contribution is -2.23. The van der Waals surface area contributed by atoms with Crippen LogP contribution in [0.2, 0.25) is 0 Å². The maximum absolute atomic E-state index is 13.3. The second kappa shape index (κ2) is 5.49. The van der Waals surface area contributed by atoms with E-state index in [9.17, 15) is 9.18 Å². The second-order valence-electron chi connectivity index (χ2n) is 5.32. The maximum Gasteiger partial charge on any atom is 0.253 e. The molecule has 1 saturated carbocycles. The van der Waals surface area contributed by atoms with Crippen molar-refractivity contribution in [1.82, 2.24) is 9.55 Å². The van der Waals surface area contributed by atoms with Gasteiger partial charge in [-0.15, -0.1) is 0 Å². The van der Waals surface area contributed by atoms with Gasteiger partial charge in [0.15, 0.2) is 0 Å². The Morgan fingerprint density at radius 3 is 2.81 bits per heavy atom.